The largest absolute Gasteiger partial charge is 0.496 e. The van der Waals surface area contributed by atoms with Crippen LogP contribution in [0.2, 0.25) is 0 Å². The molecule has 0 unspecified atom stereocenters. The Labute approximate surface area is 201 Å². The fourth-order valence-electron chi connectivity index (χ4n) is 4.03. The van der Waals surface area contributed by atoms with Gasteiger partial charge in [-0.25, -0.2) is 4.98 Å². The number of imidazole rings is 1. The number of nitrogens with zero attached hydrogens (tertiary/aromatic N) is 3. The normalized spacial score (nSPS) is 10.8. The van der Waals surface area contributed by atoms with Gasteiger partial charge in [0.15, 0.2) is 0 Å². The van der Waals surface area contributed by atoms with Gasteiger partial charge in [-0.05, 0) is 54.6 Å². The number of H-pyrrole nitrogens is 1. The Morgan fingerprint density at radius 2 is 1.80 bits per heavy atom. The molecule has 0 saturated carbocycles. The van der Waals surface area contributed by atoms with Gasteiger partial charge in [0.05, 0.1) is 41.6 Å². The Hall–Kier alpha value is -4.85. The molecule has 2 N–H and O–H groups in total. The average molecular weight is 466 g/mol. The third-order valence-corrected chi connectivity index (χ3v) is 5.82. The van der Waals surface area contributed by atoms with Crippen LogP contribution in [0.3, 0.4) is 0 Å². The zero-order valence-electron chi connectivity index (χ0n) is 19.2. The molecule has 0 radical (unpaired) electrons. The summed E-state index contributed by atoms with van der Waals surface area (Å²) in [6.45, 7) is 0. The topological polar surface area (TPSA) is 92.2 Å². The number of carbonyl (C=O) groups is 2. The summed E-state index contributed by atoms with van der Waals surface area (Å²) in [6, 6.07) is 21.8. The zero-order chi connectivity index (χ0) is 24.4. The first-order chi connectivity index (χ1) is 17.1. The molecule has 8 nitrogen and oxygen atoms in total. The SMILES string of the molecule is COc1cc(C(=O)N(C)c2ccccc2-n2cccc2)ccc1C(=O)Nc1cccc2[nH]cnc12. The molecule has 2 aromatic heterocycles. The molecular formula is C27H23N5O3. The van der Waals surface area contributed by atoms with Gasteiger partial charge in [-0.1, -0.05) is 18.2 Å². The summed E-state index contributed by atoms with van der Waals surface area (Å²) in [6.07, 6.45) is 5.43. The van der Waals surface area contributed by atoms with Crippen molar-refractivity contribution in [1.29, 1.82) is 0 Å². The van der Waals surface area contributed by atoms with Gasteiger partial charge in [0.1, 0.15) is 11.3 Å². The summed E-state index contributed by atoms with van der Waals surface area (Å²) in [4.78, 5) is 35.3. The molecule has 0 bridgehead atoms. The van der Waals surface area contributed by atoms with Crippen molar-refractivity contribution < 1.29 is 14.3 Å². The molecule has 0 atom stereocenters. The number of hydrogen-bond acceptors (Lipinski definition) is 4. The molecule has 5 aromatic rings. The summed E-state index contributed by atoms with van der Waals surface area (Å²) >= 11 is 0. The number of ether oxygens (including phenoxy) is 1. The molecule has 0 aliphatic heterocycles. The number of aromatic amines is 1. The van der Waals surface area contributed by atoms with Gasteiger partial charge >= 0.3 is 0 Å². The summed E-state index contributed by atoms with van der Waals surface area (Å²) in [5, 5.41) is 2.88. The van der Waals surface area contributed by atoms with Gasteiger partial charge in [0, 0.05) is 25.0 Å². The van der Waals surface area contributed by atoms with Crippen LogP contribution in [0.4, 0.5) is 11.4 Å². The van der Waals surface area contributed by atoms with E-state index in [1.165, 1.54) is 7.11 Å². The number of hydrogen-bond donors (Lipinski definition) is 2. The van der Waals surface area contributed by atoms with Crippen LogP contribution in [0.5, 0.6) is 5.75 Å². The van der Waals surface area contributed by atoms with Crippen molar-refractivity contribution in [3.05, 3.63) is 103 Å². The standard InChI is InChI=1S/C27H23N5O3/c1-31(22-10-3-4-11-23(22)32-14-5-6-15-32)27(34)18-12-13-19(24(16-18)35-2)26(33)30-21-9-7-8-20-25(21)29-17-28-20/h3-17H,1-2H3,(H,28,29)(H,30,33). The Morgan fingerprint density at radius 1 is 1.00 bits per heavy atom. The first-order valence-corrected chi connectivity index (χ1v) is 11.0. The van der Waals surface area contributed by atoms with Crippen LogP contribution >= 0.6 is 0 Å². The van der Waals surface area contributed by atoms with Crippen LogP contribution in [-0.4, -0.2) is 40.5 Å². The number of methoxy groups -OCH3 is 1. The third kappa shape index (κ3) is 4.13. The zero-order valence-corrected chi connectivity index (χ0v) is 19.2. The lowest BCUT2D eigenvalue weighted by Gasteiger charge is -2.22. The van der Waals surface area contributed by atoms with Crippen molar-refractivity contribution in [2.24, 2.45) is 0 Å². The summed E-state index contributed by atoms with van der Waals surface area (Å²) in [5.74, 6) is -0.284. The van der Waals surface area contributed by atoms with Gasteiger partial charge in [0.25, 0.3) is 11.8 Å². The summed E-state index contributed by atoms with van der Waals surface area (Å²) < 4.78 is 7.43. The number of nitrogens with one attached hydrogen (secondary N) is 2. The predicted octanol–water partition coefficient (Wildman–Crippen LogP) is 4.89. The van der Waals surface area contributed by atoms with Crippen molar-refractivity contribution >= 4 is 34.2 Å². The molecule has 0 fully saturated rings. The lowest BCUT2D eigenvalue weighted by molar-refractivity contribution is 0.0988. The van der Waals surface area contributed by atoms with E-state index >= 15 is 0 Å². The molecule has 8 heteroatoms. The average Bonchev–Trinajstić information content (AvgIpc) is 3.60. The quantitative estimate of drug-likeness (QED) is 0.373. The molecule has 5 rings (SSSR count). The Kier molecular flexibility index (Phi) is 5.76. The lowest BCUT2D eigenvalue weighted by Crippen LogP contribution is -2.27. The van der Waals surface area contributed by atoms with E-state index in [1.807, 2.05) is 65.5 Å². The minimum absolute atomic E-state index is 0.226. The predicted molar refractivity (Wildman–Crippen MR) is 136 cm³/mol. The molecule has 2 amide bonds. The fraction of sp³-hybridized carbons (Fsp3) is 0.0741. The molecule has 3 aromatic carbocycles. The summed E-state index contributed by atoms with van der Waals surface area (Å²) in [5.41, 5.74) is 4.40. The Morgan fingerprint density at radius 3 is 2.60 bits per heavy atom. The second kappa shape index (κ2) is 9.18. The number of para-hydroxylation sites is 3. The first-order valence-electron chi connectivity index (χ1n) is 11.0. The van der Waals surface area contributed by atoms with Crippen molar-refractivity contribution in [1.82, 2.24) is 14.5 Å². The molecule has 35 heavy (non-hydrogen) atoms. The van der Waals surface area contributed by atoms with Gasteiger partial charge in [-0.3, -0.25) is 9.59 Å². The molecule has 0 aliphatic rings. The first kappa shape index (κ1) is 22.0. The molecule has 0 saturated heterocycles. The maximum absolute atomic E-state index is 13.4. The molecule has 2 heterocycles. The monoisotopic (exact) mass is 465 g/mol. The van der Waals surface area contributed by atoms with E-state index in [0.29, 0.717) is 28.1 Å². The van der Waals surface area contributed by atoms with Crippen molar-refractivity contribution in [2.75, 3.05) is 24.4 Å². The van der Waals surface area contributed by atoms with Crippen LogP contribution < -0.4 is 15.0 Å². The Balaban J connectivity index is 1.42. The molecular weight excluding hydrogens is 442 g/mol. The second-order valence-electron chi connectivity index (χ2n) is 7.92. The van der Waals surface area contributed by atoms with Gasteiger partial charge in [-0.2, -0.15) is 0 Å². The number of amides is 2. The number of benzene rings is 3. The fourth-order valence-corrected chi connectivity index (χ4v) is 4.03. The smallest absolute Gasteiger partial charge is 0.259 e. The van der Waals surface area contributed by atoms with E-state index in [0.717, 1.165) is 16.9 Å². The number of fused-ring (bicyclic) bond motifs is 1. The van der Waals surface area contributed by atoms with Crippen molar-refractivity contribution in [2.45, 2.75) is 0 Å². The van der Waals surface area contributed by atoms with Gasteiger partial charge in [-0.15, -0.1) is 0 Å². The number of carbonyl (C=O) groups excluding carboxylic acids is 2. The second-order valence-corrected chi connectivity index (χ2v) is 7.92. The number of rotatable bonds is 6. The van der Waals surface area contributed by atoms with E-state index in [-0.39, 0.29) is 11.8 Å². The minimum atomic E-state index is -0.359. The third-order valence-electron chi connectivity index (χ3n) is 5.82. The highest BCUT2D eigenvalue weighted by Gasteiger charge is 2.21. The van der Waals surface area contributed by atoms with E-state index in [2.05, 4.69) is 15.3 Å². The molecule has 0 aliphatic carbocycles. The van der Waals surface area contributed by atoms with Crippen LogP contribution in [0.15, 0.2) is 91.5 Å². The van der Waals surface area contributed by atoms with Crippen LogP contribution in [0, 0.1) is 0 Å². The van der Waals surface area contributed by atoms with Crippen LogP contribution in [0.1, 0.15) is 20.7 Å². The highest BCUT2D eigenvalue weighted by molar-refractivity contribution is 6.11. The summed E-state index contributed by atoms with van der Waals surface area (Å²) in [7, 11) is 3.20. The number of anilines is 2. The lowest BCUT2D eigenvalue weighted by atomic mass is 10.1. The number of aromatic nitrogens is 3. The van der Waals surface area contributed by atoms with Crippen LogP contribution in [0.25, 0.3) is 16.7 Å². The highest BCUT2D eigenvalue weighted by atomic mass is 16.5. The van der Waals surface area contributed by atoms with Gasteiger partial charge in [0.2, 0.25) is 0 Å². The van der Waals surface area contributed by atoms with E-state index in [9.17, 15) is 9.59 Å². The van der Waals surface area contributed by atoms with E-state index < -0.39 is 0 Å². The van der Waals surface area contributed by atoms with Gasteiger partial charge < -0.3 is 24.5 Å². The van der Waals surface area contributed by atoms with Crippen molar-refractivity contribution in [3.8, 4) is 11.4 Å². The molecule has 174 valence electrons. The Bertz CT molecular complexity index is 1520. The highest BCUT2D eigenvalue weighted by Crippen LogP contribution is 2.28. The van der Waals surface area contributed by atoms with Crippen molar-refractivity contribution in [3.63, 3.8) is 0 Å². The maximum atomic E-state index is 13.4. The minimum Gasteiger partial charge on any atom is -0.496 e. The molecule has 0 spiro atoms. The van der Waals surface area contributed by atoms with E-state index in [1.54, 1.807) is 42.5 Å². The maximum Gasteiger partial charge on any atom is 0.259 e. The van der Waals surface area contributed by atoms with E-state index in [4.69, 9.17) is 4.74 Å². The van der Waals surface area contributed by atoms with Crippen LogP contribution in [-0.2, 0) is 0 Å².